The molecule has 0 fully saturated rings. The SMILES string of the molecule is COc1ccc(NC(N)=NCCC2=CCCCC2)cc1.I. The van der Waals surface area contributed by atoms with Crippen LogP contribution in [0.2, 0.25) is 0 Å². The van der Waals surface area contributed by atoms with Crippen LogP contribution in [0.15, 0.2) is 40.9 Å². The number of aliphatic imine (C=N–C) groups is 1. The van der Waals surface area contributed by atoms with Crippen molar-refractivity contribution in [3.63, 3.8) is 0 Å². The summed E-state index contributed by atoms with van der Waals surface area (Å²) in [6.45, 7) is 0.751. The van der Waals surface area contributed by atoms with Gasteiger partial charge in [0.1, 0.15) is 5.75 Å². The van der Waals surface area contributed by atoms with Crippen LogP contribution in [0.1, 0.15) is 32.1 Å². The minimum absolute atomic E-state index is 0. The van der Waals surface area contributed by atoms with Gasteiger partial charge in [0.25, 0.3) is 0 Å². The van der Waals surface area contributed by atoms with Crippen LogP contribution >= 0.6 is 24.0 Å². The van der Waals surface area contributed by atoms with Gasteiger partial charge in [0.05, 0.1) is 7.11 Å². The van der Waals surface area contributed by atoms with Crippen LogP contribution in [0.25, 0.3) is 0 Å². The zero-order chi connectivity index (χ0) is 14.2. The second-order valence-corrected chi connectivity index (χ2v) is 4.98. The normalized spacial score (nSPS) is 14.9. The fourth-order valence-electron chi connectivity index (χ4n) is 2.31. The minimum Gasteiger partial charge on any atom is -0.497 e. The van der Waals surface area contributed by atoms with E-state index < -0.39 is 0 Å². The van der Waals surface area contributed by atoms with E-state index in [9.17, 15) is 0 Å². The highest BCUT2D eigenvalue weighted by Gasteiger charge is 2.03. The van der Waals surface area contributed by atoms with Crippen molar-refractivity contribution < 1.29 is 4.74 Å². The van der Waals surface area contributed by atoms with E-state index in [1.54, 1.807) is 7.11 Å². The van der Waals surface area contributed by atoms with Gasteiger partial charge in [-0.1, -0.05) is 11.6 Å². The lowest BCUT2D eigenvalue weighted by molar-refractivity contribution is 0.415. The van der Waals surface area contributed by atoms with E-state index in [1.165, 1.54) is 31.3 Å². The molecule has 1 aromatic carbocycles. The van der Waals surface area contributed by atoms with E-state index in [0.29, 0.717) is 5.96 Å². The Morgan fingerprint density at radius 3 is 2.67 bits per heavy atom. The lowest BCUT2D eigenvalue weighted by Gasteiger charge is -2.11. The summed E-state index contributed by atoms with van der Waals surface area (Å²) in [6.07, 6.45) is 8.46. The van der Waals surface area contributed by atoms with Gasteiger partial charge in [-0.2, -0.15) is 0 Å². The predicted molar refractivity (Wildman–Crippen MR) is 99.7 cm³/mol. The van der Waals surface area contributed by atoms with E-state index in [4.69, 9.17) is 10.5 Å². The predicted octanol–water partition coefficient (Wildman–Crippen LogP) is 3.93. The van der Waals surface area contributed by atoms with E-state index in [2.05, 4.69) is 16.4 Å². The Kier molecular flexibility index (Phi) is 8.19. The van der Waals surface area contributed by atoms with Crippen molar-refractivity contribution in [1.29, 1.82) is 0 Å². The zero-order valence-electron chi connectivity index (χ0n) is 12.5. The highest BCUT2D eigenvalue weighted by Crippen LogP contribution is 2.20. The summed E-state index contributed by atoms with van der Waals surface area (Å²) in [5.41, 5.74) is 8.33. The standard InChI is InChI=1S/C16H23N3O.HI/c1-20-15-9-7-14(8-10-15)19-16(17)18-12-11-13-5-3-2-4-6-13;/h5,7-10H,2-4,6,11-12H2,1H3,(H3,17,18,19);1H. The van der Waals surface area contributed by atoms with Crippen molar-refractivity contribution in [2.45, 2.75) is 32.1 Å². The number of anilines is 1. The number of hydrogen-bond donors (Lipinski definition) is 2. The lowest BCUT2D eigenvalue weighted by Crippen LogP contribution is -2.22. The molecule has 0 atom stereocenters. The van der Waals surface area contributed by atoms with Gasteiger partial charge < -0.3 is 15.8 Å². The molecule has 0 saturated carbocycles. The highest BCUT2D eigenvalue weighted by molar-refractivity contribution is 14.0. The van der Waals surface area contributed by atoms with Crippen molar-refractivity contribution in [3.8, 4) is 5.75 Å². The van der Waals surface area contributed by atoms with E-state index in [1.807, 2.05) is 24.3 Å². The van der Waals surface area contributed by atoms with Crippen LogP contribution in [0.3, 0.4) is 0 Å². The third-order valence-electron chi connectivity index (χ3n) is 3.46. The van der Waals surface area contributed by atoms with Crippen molar-refractivity contribution in [2.75, 3.05) is 19.0 Å². The largest absolute Gasteiger partial charge is 0.497 e. The van der Waals surface area contributed by atoms with Crippen LogP contribution in [0.4, 0.5) is 5.69 Å². The molecule has 0 heterocycles. The Morgan fingerprint density at radius 1 is 1.29 bits per heavy atom. The van der Waals surface area contributed by atoms with E-state index in [0.717, 1.165) is 24.4 Å². The van der Waals surface area contributed by atoms with Crippen molar-refractivity contribution in [3.05, 3.63) is 35.9 Å². The molecular formula is C16H24IN3O. The number of nitrogens with zero attached hydrogens (tertiary/aromatic N) is 1. The topological polar surface area (TPSA) is 59.6 Å². The zero-order valence-corrected chi connectivity index (χ0v) is 14.8. The molecule has 0 unspecified atom stereocenters. The van der Waals surface area contributed by atoms with Gasteiger partial charge in [-0.05, 0) is 56.4 Å². The van der Waals surface area contributed by atoms with Gasteiger partial charge >= 0.3 is 0 Å². The number of hydrogen-bond acceptors (Lipinski definition) is 2. The summed E-state index contributed by atoms with van der Waals surface area (Å²) in [5, 5.41) is 3.08. The summed E-state index contributed by atoms with van der Waals surface area (Å²) < 4.78 is 5.11. The number of guanidine groups is 1. The van der Waals surface area contributed by atoms with Gasteiger partial charge in [-0.15, -0.1) is 24.0 Å². The number of halogens is 1. The minimum atomic E-state index is 0. The van der Waals surface area contributed by atoms with Gasteiger partial charge in [0.2, 0.25) is 0 Å². The number of nitrogens with one attached hydrogen (secondary N) is 1. The Bertz CT molecular complexity index is 483. The maximum absolute atomic E-state index is 5.88. The van der Waals surface area contributed by atoms with E-state index >= 15 is 0 Å². The number of nitrogens with two attached hydrogens (primary N) is 1. The van der Waals surface area contributed by atoms with Crippen LogP contribution in [-0.4, -0.2) is 19.6 Å². The third kappa shape index (κ3) is 6.37. The van der Waals surface area contributed by atoms with Gasteiger partial charge in [-0.25, -0.2) is 0 Å². The summed E-state index contributed by atoms with van der Waals surface area (Å²) in [4.78, 5) is 4.37. The highest BCUT2D eigenvalue weighted by atomic mass is 127. The molecule has 5 heteroatoms. The second-order valence-electron chi connectivity index (χ2n) is 4.98. The fourth-order valence-corrected chi connectivity index (χ4v) is 2.31. The molecule has 0 aromatic heterocycles. The van der Waals surface area contributed by atoms with Crippen LogP contribution in [-0.2, 0) is 0 Å². The van der Waals surface area contributed by atoms with Crippen LogP contribution in [0, 0.1) is 0 Å². The molecule has 0 bridgehead atoms. The van der Waals surface area contributed by atoms with Crippen LogP contribution < -0.4 is 15.8 Å². The molecule has 116 valence electrons. The second kappa shape index (κ2) is 9.65. The Labute approximate surface area is 143 Å². The first-order valence-corrected chi connectivity index (χ1v) is 7.17. The maximum Gasteiger partial charge on any atom is 0.193 e. The lowest BCUT2D eigenvalue weighted by atomic mass is 9.97. The molecule has 3 N–H and O–H groups in total. The first kappa shape index (κ1) is 17.8. The van der Waals surface area contributed by atoms with Crippen molar-refractivity contribution >= 4 is 35.6 Å². The third-order valence-corrected chi connectivity index (χ3v) is 3.46. The summed E-state index contributed by atoms with van der Waals surface area (Å²) >= 11 is 0. The molecule has 0 spiro atoms. The first-order valence-electron chi connectivity index (χ1n) is 7.17. The quantitative estimate of drug-likeness (QED) is 0.340. The average Bonchev–Trinajstić information content (AvgIpc) is 2.49. The molecule has 0 radical (unpaired) electrons. The molecule has 1 aliphatic carbocycles. The Hall–Kier alpha value is -1.24. The number of allylic oxidation sites excluding steroid dienone is 1. The molecule has 1 aliphatic rings. The molecule has 0 amide bonds. The molecule has 1 aromatic rings. The molecule has 4 nitrogen and oxygen atoms in total. The fraction of sp³-hybridized carbons (Fsp3) is 0.438. The molecule has 2 rings (SSSR count). The first-order chi connectivity index (χ1) is 9.78. The van der Waals surface area contributed by atoms with E-state index in [-0.39, 0.29) is 24.0 Å². The number of ether oxygens (including phenoxy) is 1. The number of methoxy groups -OCH3 is 1. The Balaban J connectivity index is 0.00000220. The molecule has 0 aliphatic heterocycles. The smallest absolute Gasteiger partial charge is 0.193 e. The summed E-state index contributed by atoms with van der Waals surface area (Å²) in [6, 6.07) is 7.63. The summed E-state index contributed by atoms with van der Waals surface area (Å²) in [5.74, 6) is 1.29. The summed E-state index contributed by atoms with van der Waals surface area (Å²) in [7, 11) is 1.65. The number of benzene rings is 1. The Morgan fingerprint density at radius 2 is 2.05 bits per heavy atom. The monoisotopic (exact) mass is 401 g/mol. The average molecular weight is 401 g/mol. The van der Waals surface area contributed by atoms with Crippen molar-refractivity contribution in [1.82, 2.24) is 0 Å². The molecular weight excluding hydrogens is 377 g/mol. The maximum atomic E-state index is 5.88. The molecule has 0 saturated heterocycles. The van der Waals surface area contributed by atoms with Crippen LogP contribution in [0.5, 0.6) is 5.75 Å². The van der Waals surface area contributed by atoms with Crippen molar-refractivity contribution in [2.24, 2.45) is 10.7 Å². The van der Waals surface area contributed by atoms with Gasteiger partial charge in [-0.3, -0.25) is 4.99 Å². The molecule has 21 heavy (non-hydrogen) atoms. The number of rotatable bonds is 5. The van der Waals surface area contributed by atoms with Gasteiger partial charge in [0, 0.05) is 12.2 Å². The van der Waals surface area contributed by atoms with Gasteiger partial charge in [0.15, 0.2) is 5.96 Å².